The molecule has 22 heavy (non-hydrogen) atoms. The average Bonchev–Trinajstić information content (AvgIpc) is 2.52. The summed E-state index contributed by atoms with van der Waals surface area (Å²) in [5.41, 5.74) is 0. The van der Waals surface area contributed by atoms with Crippen molar-refractivity contribution in [3.05, 3.63) is 0 Å². The normalized spacial score (nSPS) is 12.3. The van der Waals surface area contributed by atoms with Crippen LogP contribution in [0.3, 0.4) is 0 Å². The summed E-state index contributed by atoms with van der Waals surface area (Å²) in [4.78, 5) is 11.7. The van der Waals surface area contributed by atoms with Crippen molar-refractivity contribution in [2.24, 2.45) is 5.92 Å². The highest BCUT2D eigenvalue weighted by Gasteiger charge is 2.07. The Morgan fingerprint density at radius 2 is 1.50 bits per heavy atom. The number of ether oxygens (including phenoxy) is 1. The fourth-order valence-electron chi connectivity index (χ4n) is 2.56. The van der Waals surface area contributed by atoms with Gasteiger partial charge in [-0.3, -0.25) is 4.79 Å². The molecule has 0 heterocycles. The van der Waals surface area contributed by atoms with Gasteiger partial charge < -0.3 is 4.74 Å². The molecule has 0 aliphatic heterocycles. The van der Waals surface area contributed by atoms with E-state index in [1.54, 1.807) is 0 Å². The monoisotopic (exact) mass is 376 g/mol. The number of unbranched alkanes of at least 4 members (excludes halogenated alkanes) is 9. The van der Waals surface area contributed by atoms with Gasteiger partial charge in [-0.2, -0.15) is 0 Å². The molecule has 0 aliphatic rings. The highest BCUT2D eigenvalue weighted by molar-refractivity contribution is 9.09. The minimum atomic E-state index is -0.00158. The highest BCUT2D eigenvalue weighted by atomic mass is 79.9. The zero-order chi connectivity index (χ0) is 16.5. The van der Waals surface area contributed by atoms with Gasteiger partial charge in [-0.15, -0.1) is 0 Å². The van der Waals surface area contributed by atoms with Crippen molar-refractivity contribution >= 4 is 21.9 Å². The number of carbonyl (C=O) groups excluding carboxylic acids is 1. The molecule has 1 unspecified atom stereocenters. The van der Waals surface area contributed by atoms with Gasteiger partial charge in [0.25, 0.3) is 0 Å². The molecule has 0 aromatic heterocycles. The topological polar surface area (TPSA) is 26.3 Å². The first-order valence-electron chi connectivity index (χ1n) is 9.42. The average molecular weight is 377 g/mol. The van der Waals surface area contributed by atoms with E-state index in [0.29, 0.717) is 18.9 Å². The zero-order valence-electron chi connectivity index (χ0n) is 14.9. The Balaban J connectivity index is 3.31. The largest absolute Gasteiger partial charge is 0.465 e. The Hall–Kier alpha value is -0.0500. The molecule has 0 aromatic carbocycles. The van der Waals surface area contributed by atoms with Gasteiger partial charge in [-0.1, -0.05) is 87.6 Å². The van der Waals surface area contributed by atoms with E-state index < -0.39 is 0 Å². The van der Waals surface area contributed by atoms with Crippen LogP contribution < -0.4 is 0 Å². The standard InChI is InChI=1S/C19H37BrO2/c1-3-4-5-6-7-8-9-12-15-19(21)22-17-18(2)14-11-10-13-16-20/h18H,3-17H2,1-2H3. The molecule has 0 N–H and O–H groups in total. The first kappa shape index (κ1) is 21.9. The van der Waals surface area contributed by atoms with Gasteiger partial charge in [0.2, 0.25) is 0 Å². The molecule has 0 saturated carbocycles. The molecule has 0 saturated heterocycles. The van der Waals surface area contributed by atoms with Crippen LogP contribution in [-0.4, -0.2) is 17.9 Å². The SMILES string of the molecule is CCCCCCCCCCC(=O)OCC(C)CCCCCBr. The number of halogens is 1. The molecule has 0 radical (unpaired) electrons. The molecule has 0 aliphatic carbocycles. The second-order valence-electron chi connectivity index (χ2n) is 6.55. The Morgan fingerprint density at radius 1 is 0.909 bits per heavy atom. The fraction of sp³-hybridized carbons (Fsp3) is 0.947. The summed E-state index contributed by atoms with van der Waals surface area (Å²) in [5, 5.41) is 1.09. The van der Waals surface area contributed by atoms with E-state index in [1.807, 2.05) is 0 Å². The Labute approximate surface area is 146 Å². The molecule has 0 fully saturated rings. The van der Waals surface area contributed by atoms with Crippen LogP contribution in [0.15, 0.2) is 0 Å². The van der Waals surface area contributed by atoms with E-state index >= 15 is 0 Å². The van der Waals surface area contributed by atoms with Gasteiger partial charge in [-0.05, 0) is 25.2 Å². The van der Waals surface area contributed by atoms with E-state index in [4.69, 9.17) is 4.74 Å². The second-order valence-corrected chi connectivity index (χ2v) is 7.34. The molecular weight excluding hydrogens is 340 g/mol. The lowest BCUT2D eigenvalue weighted by molar-refractivity contribution is -0.145. The first-order chi connectivity index (χ1) is 10.7. The minimum absolute atomic E-state index is 0.00158. The third kappa shape index (κ3) is 16.3. The van der Waals surface area contributed by atoms with Gasteiger partial charge in [0.1, 0.15) is 0 Å². The summed E-state index contributed by atoms with van der Waals surface area (Å²) in [6.07, 6.45) is 15.6. The summed E-state index contributed by atoms with van der Waals surface area (Å²) in [5.74, 6) is 0.496. The molecule has 132 valence electrons. The van der Waals surface area contributed by atoms with Gasteiger partial charge in [0.15, 0.2) is 0 Å². The molecule has 2 nitrogen and oxygen atoms in total. The van der Waals surface area contributed by atoms with Crippen molar-refractivity contribution in [1.29, 1.82) is 0 Å². The van der Waals surface area contributed by atoms with Crippen LogP contribution in [-0.2, 0) is 9.53 Å². The number of hydrogen-bond acceptors (Lipinski definition) is 2. The fourth-order valence-corrected chi connectivity index (χ4v) is 2.95. The lowest BCUT2D eigenvalue weighted by Gasteiger charge is -2.11. The first-order valence-corrected chi connectivity index (χ1v) is 10.5. The van der Waals surface area contributed by atoms with E-state index in [9.17, 15) is 4.79 Å². The van der Waals surface area contributed by atoms with Crippen molar-refractivity contribution in [3.63, 3.8) is 0 Å². The maximum absolute atomic E-state index is 11.7. The third-order valence-corrected chi connectivity index (χ3v) is 4.65. The maximum Gasteiger partial charge on any atom is 0.305 e. The maximum atomic E-state index is 11.7. The van der Waals surface area contributed by atoms with Crippen molar-refractivity contribution in [2.75, 3.05) is 11.9 Å². The molecule has 0 rings (SSSR count). The Morgan fingerprint density at radius 3 is 2.14 bits per heavy atom. The number of hydrogen-bond donors (Lipinski definition) is 0. The lowest BCUT2D eigenvalue weighted by atomic mass is 10.0. The van der Waals surface area contributed by atoms with Crippen LogP contribution in [0.25, 0.3) is 0 Å². The quantitative estimate of drug-likeness (QED) is 0.171. The van der Waals surface area contributed by atoms with E-state index in [-0.39, 0.29) is 5.97 Å². The van der Waals surface area contributed by atoms with Crippen LogP contribution in [0.5, 0.6) is 0 Å². The van der Waals surface area contributed by atoms with Crippen LogP contribution in [0, 0.1) is 5.92 Å². The van der Waals surface area contributed by atoms with Gasteiger partial charge in [-0.25, -0.2) is 0 Å². The molecule has 0 amide bonds. The van der Waals surface area contributed by atoms with Crippen molar-refractivity contribution in [3.8, 4) is 0 Å². The van der Waals surface area contributed by atoms with Crippen LogP contribution in [0.2, 0.25) is 0 Å². The third-order valence-electron chi connectivity index (χ3n) is 4.09. The Kier molecular flexibility index (Phi) is 17.3. The number of rotatable bonds is 16. The van der Waals surface area contributed by atoms with Crippen molar-refractivity contribution in [2.45, 2.75) is 97.3 Å². The van der Waals surface area contributed by atoms with Crippen LogP contribution >= 0.6 is 15.9 Å². The lowest BCUT2D eigenvalue weighted by Crippen LogP contribution is -2.11. The molecular formula is C19H37BrO2. The van der Waals surface area contributed by atoms with Crippen molar-refractivity contribution < 1.29 is 9.53 Å². The van der Waals surface area contributed by atoms with Gasteiger partial charge >= 0.3 is 5.97 Å². The molecule has 0 aromatic rings. The predicted octanol–water partition coefficient (Wildman–Crippen LogP) is 6.65. The number of alkyl halides is 1. The second kappa shape index (κ2) is 17.3. The van der Waals surface area contributed by atoms with Gasteiger partial charge in [0.05, 0.1) is 6.61 Å². The summed E-state index contributed by atoms with van der Waals surface area (Å²) in [7, 11) is 0. The van der Waals surface area contributed by atoms with Crippen molar-refractivity contribution in [1.82, 2.24) is 0 Å². The smallest absolute Gasteiger partial charge is 0.305 e. The van der Waals surface area contributed by atoms with E-state index in [1.165, 1.54) is 64.2 Å². The minimum Gasteiger partial charge on any atom is -0.465 e. The predicted molar refractivity (Wildman–Crippen MR) is 99.6 cm³/mol. The molecule has 1 atom stereocenters. The molecule has 0 bridgehead atoms. The highest BCUT2D eigenvalue weighted by Crippen LogP contribution is 2.12. The summed E-state index contributed by atoms with van der Waals surface area (Å²) in [6.45, 7) is 5.03. The molecule has 0 spiro atoms. The zero-order valence-corrected chi connectivity index (χ0v) is 16.5. The van der Waals surface area contributed by atoms with E-state index in [0.717, 1.165) is 18.2 Å². The molecule has 3 heteroatoms. The van der Waals surface area contributed by atoms with Gasteiger partial charge in [0, 0.05) is 11.8 Å². The number of esters is 1. The van der Waals surface area contributed by atoms with Crippen LogP contribution in [0.1, 0.15) is 97.3 Å². The Bertz CT molecular complexity index is 244. The summed E-state index contributed by atoms with van der Waals surface area (Å²) < 4.78 is 5.37. The summed E-state index contributed by atoms with van der Waals surface area (Å²) >= 11 is 3.45. The van der Waals surface area contributed by atoms with Crippen LogP contribution in [0.4, 0.5) is 0 Å². The number of carbonyl (C=O) groups is 1. The summed E-state index contributed by atoms with van der Waals surface area (Å²) in [6, 6.07) is 0. The van der Waals surface area contributed by atoms with E-state index in [2.05, 4.69) is 29.8 Å².